The quantitative estimate of drug-likeness (QED) is 0.814. The number of aryl methyl sites for hydroxylation is 1. The van der Waals surface area contributed by atoms with E-state index < -0.39 is 0 Å². The van der Waals surface area contributed by atoms with Crippen molar-refractivity contribution in [3.63, 3.8) is 0 Å². The number of hydroxylamine groups is 1. The smallest absolute Gasteiger partial charge is 0.254 e. The first kappa shape index (κ1) is 12.1. The number of rotatable bonds is 3. The molecule has 1 fully saturated rings. The molecule has 0 unspecified atom stereocenters. The molecule has 0 bridgehead atoms. The average molecular weight is 233 g/mol. The van der Waals surface area contributed by atoms with E-state index in [2.05, 4.69) is 24.5 Å². The third kappa shape index (κ3) is 2.20. The summed E-state index contributed by atoms with van der Waals surface area (Å²) in [6, 6.07) is 8.24. The highest BCUT2D eigenvalue weighted by Crippen LogP contribution is 2.41. The Morgan fingerprint density at radius 3 is 2.65 bits per heavy atom. The Balaban J connectivity index is 2.37. The van der Waals surface area contributed by atoms with Gasteiger partial charge in [-0.2, -0.15) is 0 Å². The van der Waals surface area contributed by atoms with Gasteiger partial charge in [-0.3, -0.25) is 9.63 Å². The summed E-state index contributed by atoms with van der Waals surface area (Å²) in [6.45, 7) is 2.06. The molecule has 0 atom stereocenters. The lowest BCUT2D eigenvalue weighted by Crippen LogP contribution is -2.42. The Hall–Kier alpha value is -1.35. The summed E-state index contributed by atoms with van der Waals surface area (Å²) < 4.78 is 0. The van der Waals surface area contributed by atoms with Crippen LogP contribution in [0.5, 0.6) is 0 Å². The molecule has 2 rings (SSSR count). The van der Waals surface area contributed by atoms with Crippen molar-refractivity contribution in [3.05, 3.63) is 35.4 Å². The number of amides is 1. The molecule has 3 nitrogen and oxygen atoms in total. The van der Waals surface area contributed by atoms with Gasteiger partial charge in [0, 0.05) is 0 Å². The minimum absolute atomic E-state index is 0.0110. The summed E-state index contributed by atoms with van der Waals surface area (Å²) in [5.74, 6) is -0.0110. The highest BCUT2D eigenvalue weighted by atomic mass is 16.6. The second-order valence-electron chi connectivity index (χ2n) is 4.79. The maximum absolute atomic E-state index is 12.2. The van der Waals surface area contributed by atoms with E-state index in [-0.39, 0.29) is 11.3 Å². The van der Waals surface area contributed by atoms with Crippen molar-refractivity contribution in [2.75, 3.05) is 7.11 Å². The first-order valence-electron chi connectivity index (χ1n) is 6.09. The van der Waals surface area contributed by atoms with Gasteiger partial charge >= 0.3 is 0 Å². The Kier molecular flexibility index (Phi) is 3.48. The van der Waals surface area contributed by atoms with Gasteiger partial charge < -0.3 is 0 Å². The van der Waals surface area contributed by atoms with E-state index in [1.165, 1.54) is 12.7 Å². The number of benzene rings is 1. The van der Waals surface area contributed by atoms with Crippen molar-refractivity contribution in [2.45, 2.75) is 38.0 Å². The fourth-order valence-corrected chi connectivity index (χ4v) is 2.76. The van der Waals surface area contributed by atoms with E-state index in [9.17, 15) is 4.79 Å². The predicted molar refractivity (Wildman–Crippen MR) is 66.5 cm³/mol. The average Bonchev–Trinajstić information content (AvgIpc) is 2.79. The minimum Gasteiger partial charge on any atom is -0.277 e. The lowest BCUT2D eigenvalue weighted by Gasteiger charge is -2.27. The molecule has 92 valence electrons. The van der Waals surface area contributed by atoms with Crippen molar-refractivity contribution >= 4 is 5.91 Å². The van der Waals surface area contributed by atoms with Crippen molar-refractivity contribution in [2.24, 2.45) is 0 Å². The summed E-state index contributed by atoms with van der Waals surface area (Å²) >= 11 is 0. The van der Waals surface area contributed by atoms with Gasteiger partial charge in [-0.25, -0.2) is 5.48 Å². The largest absolute Gasteiger partial charge is 0.277 e. The summed E-state index contributed by atoms with van der Waals surface area (Å²) in [6.07, 6.45) is 4.02. The van der Waals surface area contributed by atoms with Gasteiger partial charge in [0.1, 0.15) is 0 Å². The first-order chi connectivity index (χ1) is 8.19. The Morgan fingerprint density at radius 1 is 1.35 bits per heavy atom. The monoisotopic (exact) mass is 233 g/mol. The van der Waals surface area contributed by atoms with Crippen LogP contribution in [0.15, 0.2) is 24.3 Å². The van der Waals surface area contributed by atoms with Crippen LogP contribution in [0.25, 0.3) is 0 Å². The molecule has 1 N–H and O–H groups in total. The first-order valence-corrected chi connectivity index (χ1v) is 6.09. The molecule has 1 saturated carbocycles. The van der Waals surface area contributed by atoms with Crippen LogP contribution in [0.3, 0.4) is 0 Å². The highest BCUT2D eigenvalue weighted by Gasteiger charge is 2.42. The van der Waals surface area contributed by atoms with Crippen LogP contribution in [0.2, 0.25) is 0 Å². The molecule has 3 heteroatoms. The fourth-order valence-electron chi connectivity index (χ4n) is 2.76. The zero-order valence-electron chi connectivity index (χ0n) is 10.5. The standard InChI is InChI=1S/C14H19NO2/c1-11-6-5-7-12(10-11)14(8-3-4-9-14)13(16)15-17-2/h5-7,10H,3-4,8-9H2,1-2H3,(H,15,16). The number of hydrogen-bond acceptors (Lipinski definition) is 2. The number of carbonyl (C=O) groups excluding carboxylic acids is 1. The van der Waals surface area contributed by atoms with Gasteiger partial charge in [-0.1, -0.05) is 42.7 Å². The summed E-state index contributed by atoms with van der Waals surface area (Å²) in [4.78, 5) is 17.0. The van der Waals surface area contributed by atoms with Crippen molar-refractivity contribution in [1.82, 2.24) is 5.48 Å². The van der Waals surface area contributed by atoms with Crippen LogP contribution in [0, 0.1) is 6.92 Å². The molecule has 0 aromatic heterocycles. The van der Waals surface area contributed by atoms with Crippen LogP contribution in [0.4, 0.5) is 0 Å². The number of hydrogen-bond donors (Lipinski definition) is 1. The van der Waals surface area contributed by atoms with Crippen molar-refractivity contribution in [3.8, 4) is 0 Å². The van der Waals surface area contributed by atoms with Crippen molar-refractivity contribution in [1.29, 1.82) is 0 Å². The van der Waals surface area contributed by atoms with Crippen LogP contribution in [-0.2, 0) is 15.0 Å². The van der Waals surface area contributed by atoms with E-state index in [0.717, 1.165) is 31.2 Å². The van der Waals surface area contributed by atoms with E-state index >= 15 is 0 Å². The predicted octanol–water partition coefficient (Wildman–Crippen LogP) is 2.48. The molecule has 1 amide bonds. The topological polar surface area (TPSA) is 38.3 Å². The maximum Gasteiger partial charge on any atom is 0.254 e. The molecule has 0 heterocycles. The van der Waals surface area contributed by atoms with E-state index in [1.54, 1.807) is 0 Å². The number of carbonyl (C=O) groups is 1. The molecule has 1 aromatic rings. The van der Waals surface area contributed by atoms with E-state index in [0.29, 0.717) is 0 Å². The SMILES string of the molecule is CONC(=O)C1(c2cccc(C)c2)CCCC1. The van der Waals surface area contributed by atoms with Gasteiger partial charge in [0.2, 0.25) is 0 Å². The molecule has 0 spiro atoms. The molecule has 0 aliphatic heterocycles. The minimum atomic E-state index is -0.387. The Bertz CT molecular complexity index is 408. The van der Waals surface area contributed by atoms with Crippen LogP contribution in [-0.4, -0.2) is 13.0 Å². The number of nitrogens with one attached hydrogen (secondary N) is 1. The summed E-state index contributed by atoms with van der Waals surface area (Å²) in [5.41, 5.74) is 4.43. The molecule has 1 aromatic carbocycles. The van der Waals surface area contributed by atoms with Crippen LogP contribution < -0.4 is 5.48 Å². The van der Waals surface area contributed by atoms with Gasteiger partial charge in [0.25, 0.3) is 5.91 Å². The van der Waals surface area contributed by atoms with Crippen molar-refractivity contribution < 1.29 is 9.63 Å². The Labute approximate surface area is 102 Å². The van der Waals surface area contributed by atoms with Gasteiger partial charge in [-0.05, 0) is 25.3 Å². The zero-order chi connectivity index (χ0) is 12.3. The fraction of sp³-hybridized carbons (Fsp3) is 0.500. The van der Waals surface area contributed by atoms with Gasteiger partial charge in [0.05, 0.1) is 12.5 Å². The maximum atomic E-state index is 12.2. The lowest BCUT2D eigenvalue weighted by molar-refractivity contribution is -0.137. The normalized spacial score (nSPS) is 18.0. The second-order valence-corrected chi connectivity index (χ2v) is 4.79. The van der Waals surface area contributed by atoms with Crippen LogP contribution in [0.1, 0.15) is 36.8 Å². The van der Waals surface area contributed by atoms with E-state index in [1.807, 2.05) is 12.1 Å². The van der Waals surface area contributed by atoms with E-state index in [4.69, 9.17) is 4.84 Å². The molecule has 0 saturated heterocycles. The molecular weight excluding hydrogens is 214 g/mol. The Morgan fingerprint density at radius 2 is 2.06 bits per heavy atom. The van der Waals surface area contributed by atoms with Gasteiger partial charge in [-0.15, -0.1) is 0 Å². The molecule has 1 aliphatic rings. The summed E-state index contributed by atoms with van der Waals surface area (Å²) in [7, 11) is 1.48. The molecule has 0 radical (unpaired) electrons. The second kappa shape index (κ2) is 4.88. The molecule has 1 aliphatic carbocycles. The highest BCUT2D eigenvalue weighted by molar-refractivity contribution is 5.87. The van der Waals surface area contributed by atoms with Crippen LogP contribution >= 0.6 is 0 Å². The molecular formula is C14H19NO2. The zero-order valence-corrected chi connectivity index (χ0v) is 10.5. The van der Waals surface area contributed by atoms with Gasteiger partial charge in [0.15, 0.2) is 0 Å². The summed E-state index contributed by atoms with van der Waals surface area (Å²) in [5, 5.41) is 0. The third-order valence-corrected chi connectivity index (χ3v) is 3.66. The molecule has 17 heavy (non-hydrogen) atoms. The third-order valence-electron chi connectivity index (χ3n) is 3.66. The lowest BCUT2D eigenvalue weighted by atomic mass is 9.78.